The van der Waals surface area contributed by atoms with Gasteiger partial charge in [0.2, 0.25) is 0 Å². The molecule has 4 aromatic carbocycles. The molecule has 162 valence electrons. The van der Waals surface area contributed by atoms with Crippen molar-refractivity contribution in [3.8, 4) is 28.0 Å². The zero-order valence-electron chi connectivity index (χ0n) is 16.5. The number of hydrogen-bond acceptors (Lipinski definition) is 1. The average Bonchev–Trinajstić information content (AvgIpc) is 2.74. The molecule has 0 fully saturated rings. The second-order valence-corrected chi connectivity index (χ2v) is 7.00. The number of fused-ring (bicyclic) bond motifs is 1. The van der Waals surface area contributed by atoms with Crippen molar-refractivity contribution in [1.29, 1.82) is 0 Å². The van der Waals surface area contributed by atoms with Gasteiger partial charge in [0.25, 0.3) is 6.08 Å². The second-order valence-electron chi connectivity index (χ2n) is 7.00. The Balaban J connectivity index is 1.79. The third-order valence-electron chi connectivity index (χ3n) is 5.07. The van der Waals surface area contributed by atoms with Crippen molar-refractivity contribution in [2.75, 3.05) is 7.11 Å². The second kappa shape index (κ2) is 8.42. The predicted octanol–water partition coefficient (Wildman–Crippen LogP) is 7.98. The van der Waals surface area contributed by atoms with Gasteiger partial charge < -0.3 is 4.74 Å². The average molecular weight is 444 g/mol. The summed E-state index contributed by atoms with van der Waals surface area (Å²) in [6.45, 7) is 0. The van der Waals surface area contributed by atoms with Gasteiger partial charge in [-0.2, -0.15) is 8.78 Å². The van der Waals surface area contributed by atoms with Gasteiger partial charge in [-0.3, -0.25) is 0 Å². The van der Waals surface area contributed by atoms with Crippen molar-refractivity contribution in [2.24, 2.45) is 0 Å². The maximum Gasteiger partial charge on any atom is 0.271 e. The number of hydrogen-bond donors (Lipinski definition) is 0. The highest BCUT2D eigenvalue weighted by molar-refractivity contribution is 5.90. The van der Waals surface area contributed by atoms with Crippen LogP contribution in [0.2, 0.25) is 0 Å². The molecule has 4 aromatic rings. The zero-order valence-corrected chi connectivity index (χ0v) is 16.5. The Labute approximate surface area is 179 Å². The summed E-state index contributed by atoms with van der Waals surface area (Å²) in [6, 6.07) is 12.4. The van der Waals surface area contributed by atoms with E-state index in [1.165, 1.54) is 43.5 Å². The monoisotopic (exact) mass is 444 g/mol. The van der Waals surface area contributed by atoms with Gasteiger partial charge in [-0.25, -0.2) is 17.6 Å². The van der Waals surface area contributed by atoms with E-state index < -0.39 is 29.3 Å². The molecule has 0 spiro atoms. The molecule has 0 saturated heterocycles. The molecule has 0 aliphatic heterocycles. The van der Waals surface area contributed by atoms with E-state index in [1.54, 1.807) is 0 Å². The number of rotatable bonds is 4. The Morgan fingerprint density at radius 3 is 2.09 bits per heavy atom. The molecule has 0 bridgehead atoms. The van der Waals surface area contributed by atoms with Crippen LogP contribution in [-0.2, 0) is 0 Å². The van der Waals surface area contributed by atoms with Crippen LogP contribution in [0, 0.1) is 23.3 Å². The van der Waals surface area contributed by atoms with Gasteiger partial charge in [0, 0.05) is 28.7 Å². The van der Waals surface area contributed by atoms with E-state index in [4.69, 9.17) is 4.74 Å². The summed E-state index contributed by atoms with van der Waals surface area (Å²) in [5, 5.41) is 0.307. The van der Waals surface area contributed by atoms with E-state index in [9.17, 15) is 26.3 Å². The van der Waals surface area contributed by atoms with Crippen LogP contribution in [0.3, 0.4) is 0 Å². The van der Waals surface area contributed by atoms with Crippen molar-refractivity contribution in [3.63, 3.8) is 0 Å². The van der Waals surface area contributed by atoms with Crippen molar-refractivity contribution < 1.29 is 31.1 Å². The molecule has 0 saturated carbocycles. The summed E-state index contributed by atoms with van der Waals surface area (Å²) in [6.07, 6.45) is -1.64. The molecule has 0 N–H and O–H groups in total. The van der Waals surface area contributed by atoms with Crippen LogP contribution in [0.25, 0.3) is 39.1 Å². The Morgan fingerprint density at radius 1 is 0.750 bits per heavy atom. The van der Waals surface area contributed by atoms with Gasteiger partial charge in [0.15, 0.2) is 0 Å². The van der Waals surface area contributed by atoms with Crippen LogP contribution in [-0.4, -0.2) is 7.11 Å². The number of ether oxygens (including phenoxy) is 1. The van der Waals surface area contributed by atoms with Gasteiger partial charge in [0.05, 0.1) is 12.7 Å². The molecule has 0 unspecified atom stereocenters. The first-order valence-corrected chi connectivity index (χ1v) is 9.37. The van der Waals surface area contributed by atoms with Crippen LogP contribution in [0.4, 0.5) is 26.3 Å². The highest BCUT2D eigenvalue weighted by Crippen LogP contribution is 2.35. The Hall–Kier alpha value is -3.74. The van der Waals surface area contributed by atoms with E-state index in [0.717, 1.165) is 24.3 Å². The highest BCUT2D eigenvalue weighted by Gasteiger charge is 2.17. The molecule has 0 heterocycles. The fourth-order valence-corrected chi connectivity index (χ4v) is 3.55. The van der Waals surface area contributed by atoms with Gasteiger partial charge in [-0.05, 0) is 46.8 Å². The minimum Gasteiger partial charge on any atom is -0.497 e. The number of halogens is 6. The predicted molar refractivity (Wildman–Crippen MR) is 111 cm³/mol. The van der Waals surface area contributed by atoms with Crippen LogP contribution >= 0.6 is 0 Å². The summed E-state index contributed by atoms with van der Waals surface area (Å²) in [5.41, 5.74) is -0.553. The van der Waals surface area contributed by atoms with Gasteiger partial charge in [-0.15, -0.1) is 0 Å². The van der Waals surface area contributed by atoms with Crippen molar-refractivity contribution in [1.82, 2.24) is 0 Å². The first kappa shape index (κ1) is 21.5. The Bertz CT molecular complexity index is 1350. The lowest BCUT2D eigenvalue weighted by molar-refractivity contribution is 0.411. The van der Waals surface area contributed by atoms with Crippen LogP contribution in [0.15, 0.2) is 66.7 Å². The van der Waals surface area contributed by atoms with Crippen molar-refractivity contribution in [3.05, 3.63) is 95.6 Å². The van der Waals surface area contributed by atoms with Crippen LogP contribution in [0.1, 0.15) is 5.56 Å². The maximum atomic E-state index is 14.9. The van der Waals surface area contributed by atoms with Gasteiger partial charge in [0.1, 0.15) is 29.0 Å². The van der Waals surface area contributed by atoms with Crippen molar-refractivity contribution in [2.45, 2.75) is 0 Å². The number of methoxy groups -OCH3 is 1. The summed E-state index contributed by atoms with van der Waals surface area (Å²) in [7, 11) is 1.37. The molecular weight excluding hydrogens is 430 g/mol. The highest BCUT2D eigenvalue weighted by atomic mass is 19.3. The third kappa shape index (κ3) is 3.93. The summed E-state index contributed by atoms with van der Waals surface area (Å²) in [4.78, 5) is 0. The van der Waals surface area contributed by atoms with Crippen LogP contribution < -0.4 is 4.74 Å². The smallest absolute Gasteiger partial charge is 0.271 e. The number of benzene rings is 4. The van der Waals surface area contributed by atoms with Gasteiger partial charge >= 0.3 is 0 Å². The minimum absolute atomic E-state index is 0.000384. The molecule has 4 rings (SSSR count). The van der Waals surface area contributed by atoms with E-state index in [0.29, 0.717) is 6.08 Å². The Kier molecular flexibility index (Phi) is 5.65. The third-order valence-corrected chi connectivity index (χ3v) is 5.07. The molecule has 0 radical (unpaired) electrons. The van der Waals surface area contributed by atoms with E-state index >= 15 is 0 Å². The lowest BCUT2D eigenvalue weighted by atomic mass is 9.96. The Morgan fingerprint density at radius 2 is 1.47 bits per heavy atom. The first-order valence-electron chi connectivity index (χ1n) is 9.37. The topological polar surface area (TPSA) is 9.23 Å². The molecule has 0 atom stereocenters. The van der Waals surface area contributed by atoms with Gasteiger partial charge in [-0.1, -0.05) is 24.3 Å². The normalized spacial score (nSPS) is 11.0. The summed E-state index contributed by atoms with van der Waals surface area (Å²) < 4.78 is 88.5. The minimum atomic E-state index is -2.04. The molecule has 0 aliphatic rings. The largest absolute Gasteiger partial charge is 0.497 e. The van der Waals surface area contributed by atoms with E-state index in [1.807, 2.05) is 0 Å². The SMILES string of the molecule is COc1ccc(-c2cc(F)c(-c3ccc4c(F)c(C=C(F)F)ccc4c3)c(F)c2)c(F)c1. The lowest BCUT2D eigenvalue weighted by Crippen LogP contribution is -1.95. The lowest BCUT2D eigenvalue weighted by Gasteiger charge is -2.11. The van der Waals surface area contributed by atoms with E-state index in [2.05, 4.69) is 0 Å². The molecule has 32 heavy (non-hydrogen) atoms. The first-order chi connectivity index (χ1) is 15.3. The molecular formula is C25H14F6O. The van der Waals surface area contributed by atoms with E-state index in [-0.39, 0.29) is 44.3 Å². The molecule has 0 amide bonds. The maximum absolute atomic E-state index is 14.9. The molecule has 0 aromatic heterocycles. The standard InChI is InChI=1S/C25H14F6O/c1-32-17-5-7-18(20(26)12-17)16-9-21(27)24(22(28)10-16)14-4-6-19-13(8-14)2-3-15(25(19)31)11-23(29)30/h2-12H,1H3. The van der Waals surface area contributed by atoms with Crippen LogP contribution in [0.5, 0.6) is 5.75 Å². The fourth-order valence-electron chi connectivity index (χ4n) is 3.55. The molecule has 0 aliphatic carbocycles. The molecule has 7 heteroatoms. The zero-order chi connectivity index (χ0) is 23.0. The fraction of sp³-hybridized carbons (Fsp3) is 0.0400. The quantitative estimate of drug-likeness (QED) is 0.290. The summed E-state index contributed by atoms with van der Waals surface area (Å²) in [5.74, 6) is -3.18. The summed E-state index contributed by atoms with van der Waals surface area (Å²) >= 11 is 0. The van der Waals surface area contributed by atoms with Crippen molar-refractivity contribution >= 4 is 16.8 Å². The molecule has 1 nitrogen and oxygen atoms in total.